The van der Waals surface area contributed by atoms with Crippen LogP contribution in [0, 0.1) is 5.92 Å². The number of imide groups is 1. The van der Waals surface area contributed by atoms with Crippen LogP contribution in [0.25, 0.3) is 0 Å². The van der Waals surface area contributed by atoms with Crippen LogP contribution >= 0.6 is 34.8 Å². The molecule has 3 saturated heterocycles. The van der Waals surface area contributed by atoms with Gasteiger partial charge in [-0.25, -0.2) is 14.9 Å². The van der Waals surface area contributed by atoms with Crippen LogP contribution in [0.1, 0.15) is 18.0 Å². The number of hydrazine groups is 1. The van der Waals surface area contributed by atoms with E-state index in [0.717, 1.165) is 25.1 Å². The number of halogens is 3. The largest absolute Gasteiger partial charge is 0.274 e. The minimum atomic E-state index is -0.512. The van der Waals surface area contributed by atoms with E-state index in [1.54, 1.807) is 18.2 Å². The fourth-order valence-corrected chi connectivity index (χ4v) is 5.29. The van der Waals surface area contributed by atoms with Gasteiger partial charge in [0.25, 0.3) is 5.91 Å². The van der Waals surface area contributed by atoms with E-state index in [2.05, 4.69) is 5.01 Å². The second-order valence-corrected chi connectivity index (χ2v) is 8.53. The number of nitrogens with zero attached hydrogens (tertiary/aromatic N) is 3. The van der Waals surface area contributed by atoms with Gasteiger partial charge >= 0.3 is 0 Å². The van der Waals surface area contributed by atoms with Crippen LogP contribution in [0.3, 0.4) is 0 Å². The molecule has 2 amide bonds. The molecule has 3 fully saturated rings. The first kappa shape index (κ1) is 18.4. The zero-order chi connectivity index (χ0) is 19.6. The highest BCUT2D eigenvalue weighted by atomic mass is 35.5. The molecule has 0 aliphatic carbocycles. The summed E-state index contributed by atoms with van der Waals surface area (Å²) in [7, 11) is 0. The Morgan fingerprint density at radius 1 is 0.786 bits per heavy atom. The molecule has 0 unspecified atom stereocenters. The van der Waals surface area contributed by atoms with Crippen LogP contribution in [0.4, 0.5) is 5.69 Å². The second-order valence-electron chi connectivity index (χ2n) is 7.25. The van der Waals surface area contributed by atoms with Crippen molar-refractivity contribution < 1.29 is 9.59 Å². The molecular weight excluding hydrogens is 421 g/mol. The quantitative estimate of drug-likeness (QED) is 0.663. The number of rotatable bonds is 2. The Morgan fingerprint density at radius 2 is 1.43 bits per heavy atom. The summed E-state index contributed by atoms with van der Waals surface area (Å²) in [5.41, 5.74) is 1.37. The highest BCUT2D eigenvalue weighted by Gasteiger charge is 2.63. The van der Waals surface area contributed by atoms with Crippen molar-refractivity contribution in [2.45, 2.75) is 18.5 Å². The molecule has 0 saturated carbocycles. The SMILES string of the molecule is O=C1[C@@H]2[C@@H](C(=O)N1c1ccc(Cl)cc1Cl)N1CCCN1[C@H]2c1ccc(Cl)cc1. The Balaban J connectivity index is 1.59. The van der Waals surface area contributed by atoms with Crippen molar-refractivity contribution >= 4 is 52.3 Å². The predicted molar refractivity (Wildman–Crippen MR) is 108 cm³/mol. The number of carbonyl (C=O) groups is 2. The highest BCUT2D eigenvalue weighted by Crippen LogP contribution is 2.49. The second kappa shape index (κ2) is 6.71. The van der Waals surface area contributed by atoms with Crippen molar-refractivity contribution in [1.82, 2.24) is 10.0 Å². The molecule has 3 atom stereocenters. The molecule has 5 rings (SSSR count). The molecule has 0 aromatic heterocycles. The number of hydrogen-bond donors (Lipinski definition) is 0. The molecule has 144 valence electrons. The average molecular weight is 437 g/mol. The molecule has 0 spiro atoms. The number of benzene rings is 2. The van der Waals surface area contributed by atoms with Crippen molar-refractivity contribution in [3.63, 3.8) is 0 Å². The van der Waals surface area contributed by atoms with E-state index in [0.29, 0.717) is 15.7 Å². The minimum absolute atomic E-state index is 0.197. The number of amides is 2. The van der Waals surface area contributed by atoms with Gasteiger partial charge in [0, 0.05) is 23.1 Å². The molecule has 3 heterocycles. The molecule has 0 N–H and O–H groups in total. The Morgan fingerprint density at radius 3 is 2.11 bits per heavy atom. The van der Waals surface area contributed by atoms with Gasteiger partial charge in [-0.2, -0.15) is 0 Å². The lowest BCUT2D eigenvalue weighted by molar-refractivity contribution is -0.126. The first-order chi connectivity index (χ1) is 13.5. The van der Waals surface area contributed by atoms with Gasteiger partial charge in [0.1, 0.15) is 6.04 Å². The molecular formula is C20H16Cl3N3O2. The molecule has 3 aliphatic heterocycles. The smallest absolute Gasteiger partial charge is 0.253 e. The van der Waals surface area contributed by atoms with Crippen LogP contribution < -0.4 is 4.90 Å². The molecule has 3 aliphatic rings. The number of carbonyl (C=O) groups excluding carboxylic acids is 2. The van der Waals surface area contributed by atoms with E-state index < -0.39 is 12.0 Å². The van der Waals surface area contributed by atoms with Crippen LogP contribution in [-0.4, -0.2) is 41.0 Å². The van der Waals surface area contributed by atoms with E-state index in [9.17, 15) is 9.59 Å². The van der Waals surface area contributed by atoms with Crippen molar-refractivity contribution in [3.8, 4) is 0 Å². The number of anilines is 1. The summed E-state index contributed by atoms with van der Waals surface area (Å²) < 4.78 is 0. The van der Waals surface area contributed by atoms with Crippen molar-refractivity contribution in [1.29, 1.82) is 0 Å². The monoisotopic (exact) mass is 435 g/mol. The average Bonchev–Trinajstić information content (AvgIpc) is 3.30. The predicted octanol–water partition coefficient (Wildman–Crippen LogP) is 4.18. The van der Waals surface area contributed by atoms with Crippen molar-refractivity contribution in [2.24, 2.45) is 5.92 Å². The first-order valence-corrected chi connectivity index (χ1v) is 10.2. The van der Waals surface area contributed by atoms with Crippen LogP contribution in [0.5, 0.6) is 0 Å². The van der Waals surface area contributed by atoms with Crippen LogP contribution in [-0.2, 0) is 9.59 Å². The molecule has 5 nitrogen and oxygen atoms in total. The third-order valence-electron chi connectivity index (χ3n) is 5.77. The first-order valence-electron chi connectivity index (χ1n) is 9.09. The Hall–Kier alpha value is -1.63. The molecule has 0 bridgehead atoms. The Bertz CT molecular complexity index is 981. The third-order valence-corrected chi connectivity index (χ3v) is 6.56. The summed E-state index contributed by atoms with van der Waals surface area (Å²) in [6, 6.07) is 11.6. The number of hydrogen-bond acceptors (Lipinski definition) is 4. The van der Waals surface area contributed by atoms with Gasteiger partial charge in [-0.3, -0.25) is 9.59 Å². The highest BCUT2D eigenvalue weighted by molar-refractivity contribution is 6.38. The molecule has 2 aromatic carbocycles. The van der Waals surface area contributed by atoms with Crippen LogP contribution in [0.2, 0.25) is 15.1 Å². The maximum atomic E-state index is 13.5. The zero-order valence-corrected chi connectivity index (χ0v) is 17.0. The van der Waals surface area contributed by atoms with Gasteiger partial charge in [0.2, 0.25) is 5.91 Å². The summed E-state index contributed by atoms with van der Waals surface area (Å²) in [5.74, 6) is -0.947. The number of fused-ring (bicyclic) bond motifs is 3. The molecule has 8 heteroatoms. The summed E-state index contributed by atoms with van der Waals surface area (Å²) >= 11 is 18.3. The third kappa shape index (κ3) is 2.61. The van der Waals surface area contributed by atoms with Gasteiger partial charge in [0.15, 0.2) is 0 Å². The van der Waals surface area contributed by atoms with E-state index in [-0.39, 0.29) is 22.9 Å². The van der Waals surface area contributed by atoms with Crippen LogP contribution in [0.15, 0.2) is 42.5 Å². The van der Waals surface area contributed by atoms with Gasteiger partial charge in [-0.05, 0) is 42.3 Å². The van der Waals surface area contributed by atoms with Gasteiger partial charge in [-0.1, -0.05) is 46.9 Å². The lowest BCUT2D eigenvalue weighted by Gasteiger charge is -2.30. The molecule has 0 radical (unpaired) electrons. The Kier molecular flexibility index (Phi) is 4.41. The van der Waals surface area contributed by atoms with E-state index in [4.69, 9.17) is 34.8 Å². The standard InChI is InChI=1S/C20H16Cl3N3O2/c21-12-4-2-11(3-5-12)17-16-18(25-9-1-8-24(17)25)20(28)26(19(16)27)15-7-6-13(22)10-14(15)23/h2-7,10,16-18H,1,8-9H2/t16-,17-,18-/m0/s1. The fourth-order valence-electron chi connectivity index (χ4n) is 4.67. The summed E-state index contributed by atoms with van der Waals surface area (Å²) in [6.07, 6.45) is 0.955. The minimum Gasteiger partial charge on any atom is -0.274 e. The fraction of sp³-hybridized carbons (Fsp3) is 0.300. The maximum absolute atomic E-state index is 13.5. The van der Waals surface area contributed by atoms with E-state index in [1.807, 2.05) is 29.3 Å². The summed E-state index contributed by atoms with van der Waals surface area (Å²) in [6.45, 7) is 1.58. The van der Waals surface area contributed by atoms with Crippen molar-refractivity contribution in [2.75, 3.05) is 18.0 Å². The van der Waals surface area contributed by atoms with E-state index in [1.165, 1.54) is 4.90 Å². The van der Waals surface area contributed by atoms with E-state index >= 15 is 0 Å². The molecule has 28 heavy (non-hydrogen) atoms. The van der Waals surface area contributed by atoms with Gasteiger partial charge < -0.3 is 0 Å². The summed E-state index contributed by atoms with van der Waals surface area (Å²) in [5, 5.41) is 5.59. The summed E-state index contributed by atoms with van der Waals surface area (Å²) in [4.78, 5) is 28.0. The van der Waals surface area contributed by atoms with Gasteiger partial charge in [0.05, 0.1) is 22.7 Å². The zero-order valence-electron chi connectivity index (χ0n) is 14.7. The lowest BCUT2D eigenvalue weighted by atomic mass is 9.90. The van der Waals surface area contributed by atoms with Crippen molar-refractivity contribution in [3.05, 3.63) is 63.1 Å². The van der Waals surface area contributed by atoms with Gasteiger partial charge in [-0.15, -0.1) is 0 Å². The maximum Gasteiger partial charge on any atom is 0.253 e. The lowest BCUT2D eigenvalue weighted by Crippen LogP contribution is -2.44. The molecule has 2 aromatic rings. The topological polar surface area (TPSA) is 43.9 Å². The normalized spacial score (nSPS) is 27.5. The Labute approximate surface area is 177 Å².